The summed E-state index contributed by atoms with van der Waals surface area (Å²) in [5, 5.41) is 0.646. The van der Waals surface area contributed by atoms with Crippen LogP contribution in [0.3, 0.4) is 0 Å². The zero-order valence-electron chi connectivity index (χ0n) is 20.6. The molecule has 0 radical (unpaired) electrons. The summed E-state index contributed by atoms with van der Waals surface area (Å²) in [6.07, 6.45) is -2.24. The molecule has 0 saturated heterocycles. The van der Waals surface area contributed by atoms with E-state index in [1.165, 1.54) is 6.07 Å². The largest absolute Gasteiger partial charge is 0.483 e. The highest BCUT2D eigenvalue weighted by Gasteiger charge is 2.50. The van der Waals surface area contributed by atoms with E-state index in [1.807, 2.05) is 0 Å². The van der Waals surface area contributed by atoms with Crippen molar-refractivity contribution in [3.8, 4) is 5.75 Å². The molecule has 2 heterocycles. The second-order valence-electron chi connectivity index (χ2n) is 9.48. The molecule has 1 aliphatic heterocycles. The van der Waals surface area contributed by atoms with Crippen molar-refractivity contribution < 1.29 is 28.2 Å². The number of esters is 2. The summed E-state index contributed by atoms with van der Waals surface area (Å²) in [4.78, 5) is 39.0. The number of carbonyl (C=O) groups is 2. The summed E-state index contributed by atoms with van der Waals surface area (Å²) < 4.78 is 25.4. The minimum Gasteiger partial charge on any atom is -0.483 e. The zero-order valence-corrected chi connectivity index (χ0v) is 23.8. The first-order chi connectivity index (χ1) is 18.0. The molecular weight excluding hydrogens is 620 g/mol. The van der Waals surface area contributed by atoms with Crippen molar-refractivity contribution in [3.63, 3.8) is 0 Å². The molecule has 0 fully saturated rings. The maximum Gasteiger partial charge on any atom is 0.338 e. The highest BCUT2D eigenvalue weighted by atomic mass is 79.9. The van der Waals surface area contributed by atoms with E-state index in [2.05, 4.69) is 31.9 Å². The minimum atomic E-state index is -1.15. The topological polar surface area (TPSA) is 92.0 Å². The molecule has 4 aromatic rings. The normalized spacial score (nSPS) is 17.8. The first-order valence-corrected chi connectivity index (χ1v) is 13.3. The first-order valence-electron chi connectivity index (χ1n) is 11.7. The van der Waals surface area contributed by atoms with Crippen molar-refractivity contribution in [2.24, 2.45) is 0 Å². The van der Waals surface area contributed by atoms with Crippen molar-refractivity contribution in [2.45, 2.75) is 38.6 Å². The summed E-state index contributed by atoms with van der Waals surface area (Å²) in [6, 6.07) is 18.4. The SMILES string of the molecule is Cc1cc(=O)oc2c3c(ccc12)OC(C)(C)[C@@H](OC(=O)c1cccc(Br)c1)[C@H]3OC(=O)c1cccc(Br)c1. The highest BCUT2D eigenvalue weighted by Crippen LogP contribution is 2.47. The number of ether oxygens (including phenoxy) is 3. The third-order valence-corrected chi connectivity index (χ3v) is 7.31. The van der Waals surface area contributed by atoms with Gasteiger partial charge in [-0.2, -0.15) is 0 Å². The predicted molar refractivity (Wildman–Crippen MR) is 148 cm³/mol. The van der Waals surface area contributed by atoms with Gasteiger partial charge in [-0.1, -0.05) is 44.0 Å². The number of hydrogen-bond acceptors (Lipinski definition) is 7. The number of fused-ring (bicyclic) bond motifs is 3. The summed E-state index contributed by atoms with van der Waals surface area (Å²) in [7, 11) is 0. The van der Waals surface area contributed by atoms with Crippen molar-refractivity contribution in [3.05, 3.63) is 108 Å². The maximum atomic E-state index is 13.4. The lowest BCUT2D eigenvalue weighted by atomic mass is 9.86. The number of benzene rings is 3. The number of carbonyl (C=O) groups excluding carboxylic acids is 2. The van der Waals surface area contributed by atoms with E-state index in [0.717, 1.165) is 0 Å². The van der Waals surface area contributed by atoms with Gasteiger partial charge in [0, 0.05) is 20.4 Å². The Kier molecular flexibility index (Phi) is 6.92. The minimum absolute atomic E-state index is 0.207. The average Bonchev–Trinajstić information content (AvgIpc) is 2.85. The molecule has 0 bridgehead atoms. The van der Waals surface area contributed by atoms with Gasteiger partial charge in [0.15, 0.2) is 12.2 Å². The summed E-state index contributed by atoms with van der Waals surface area (Å²) in [6.45, 7) is 5.27. The fraction of sp³-hybridized carbons (Fsp3) is 0.207. The van der Waals surface area contributed by atoms with Crippen LogP contribution in [0.25, 0.3) is 11.0 Å². The lowest BCUT2D eigenvalue weighted by molar-refractivity contribution is -0.122. The van der Waals surface area contributed by atoms with Crippen LogP contribution in [0, 0.1) is 6.92 Å². The van der Waals surface area contributed by atoms with Crippen molar-refractivity contribution >= 4 is 54.8 Å². The molecule has 0 aliphatic carbocycles. The quantitative estimate of drug-likeness (QED) is 0.176. The average molecular weight is 642 g/mol. The fourth-order valence-corrected chi connectivity index (χ4v) is 5.32. The number of aryl methyl sites for hydroxylation is 1. The Morgan fingerprint density at radius 3 is 2.08 bits per heavy atom. The van der Waals surface area contributed by atoms with Gasteiger partial charge >= 0.3 is 17.6 Å². The third kappa shape index (κ3) is 5.00. The van der Waals surface area contributed by atoms with Crippen LogP contribution in [0.15, 0.2) is 84.9 Å². The lowest BCUT2D eigenvalue weighted by Gasteiger charge is -2.43. The molecule has 0 amide bonds. The first kappa shape index (κ1) is 26.2. The van der Waals surface area contributed by atoms with Crippen molar-refractivity contribution in [1.29, 1.82) is 0 Å². The molecule has 9 heteroatoms. The molecule has 0 N–H and O–H groups in total. The molecule has 1 aromatic heterocycles. The predicted octanol–water partition coefficient (Wildman–Crippen LogP) is 6.92. The monoisotopic (exact) mass is 640 g/mol. The van der Waals surface area contributed by atoms with Gasteiger partial charge < -0.3 is 18.6 Å². The molecule has 1 aliphatic rings. The molecule has 0 saturated carbocycles. The van der Waals surface area contributed by atoms with Crippen molar-refractivity contribution in [2.75, 3.05) is 0 Å². The molecule has 0 spiro atoms. The van der Waals surface area contributed by atoms with Crippen LogP contribution in [0.5, 0.6) is 5.75 Å². The number of halogens is 2. The summed E-state index contributed by atoms with van der Waals surface area (Å²) >= 11 is 6.74. The van der Waals surface area contributed by atoms with E-state index < -0.39 is 35.4 Å². The molecule has 0 unspecified atom stereocenters. The van der Waals surface area contributed by atoms with E-state index >= 15 is 0 Å². The Hall–Kier alpha value is -3.43. The molecule has 3 aromatic carbocycles. The van der Waals surface area contributed by atoms with E-state index in [4.69, 9.17) is 18.6 Å². The van der Waals surface area contributed by atoms with Crippen molar-refractivity contribution in [1.82, 2.24) is 0 Å². The van der Waals surface area contributed by atoms with Gasteiger partial charge in [0.05, 0.1) is 16.7 Å². The van der Waals surface area contributed by atoms with Gasteiger partial charge in [-0.15, -0.1) is 0 Å². The van der Waals surface area contributed by atoms with Crippen LogP contribution in [-0.2, 0) is 9.47 Å². The summed E-state index contributed by atoms with van der Waals surface area (Å²) in [5.74, 6) is -0.911. The highest BCUT2D eigenvalue weighted by molar-refractivity contribution is 9.10. The van der Waals surface area contributed by atoms with Gasteiger partial charge in [-0.3, -0.25) is 0 Å². The maximum absolute atomic E-state index is 13.4. The smallest absolute Gasteiger partial charge is 0.338 e. The number of hydrogen-bond donors (Lipinski definition) is 0. The van der Waals surface area contributed by atoms with Gasteiger partial charge in [0.1, 0.15) is 16.9 Å². The van der Waals surface area contributed by atoms with Crippen LogP contribution >= 0.6 is 31.9 Å². The Balaban J connectivity index is 1.66. The van der Waals surface area contributed by atoms with Crippen LogP contribution in [0.2, 0.25) is 0 Å². The fourth-order valence-electron chi connectivity index (χ4n) is 4.52. The molecule has 7 nitrogen and oxygen atoms in total. The lowest BCUT2D eigenvalue weighted by Crippen LogP contribution is -2.52. The van der Waals surface area contributed by atoms with Gasteiger partial charge in [-0.05, 0) is 74.9 Å². The van der Waals surface area contributed by atoms with E-state index in [9.17, 15) is 14.4 Å². The Morgan fingerprint density at radius 1 is 0.868 bits per heavy atom. The molecule has 38 heavy (non-hydrogen) atoms. The molecule has 2 atom stereocenters. The molecule has 5 rings (SSSR count). The van der Waals surface area contributed by atoms with Crippen LogP contribution in [0.4, 0.5) is 0 Å². The van der Waals surface area contributed by atoms with Crippen LogP contribution < -0.4 is 10.4 Å². The van der Waals surface area contributed by atoms with Gasteiger partial charge in [0.25, 0.3) is 0 Å². The van der Waals surface area contributed by atoms with Gasteiger partial charge in [-0.25, -0.2) is 14.4 Å². The third-order valence-electron chi connectivity index (χ3n) is 6.32. The number of rotatable bonds is 4. The Morgan fingerprint density at radius 2 is 1.47 bits per heavy atom. The zero-order chi connectivity index (χ0) is 27.2. The Bertz CT molecular complexity index is 1640. The van der Waals surface area contributed by atoms with E-state index in [1.54, 1.807) is 81.4 Å². The van der Waals surface area contributed by atoms with Crippen LogP contribution in [0.1, 0.15) is 51.8 Å². The Labute approximate surface area is 235 Å². The second kappa shape index (κ2) is 10.0. The van der Waals surface area contributed by atoms with Crippen LogP contribution in [-0.4, -0.2) is 23.6 Å². The second-order valence-corrected chi connectivity index (χ2v) is 11.3. The molecular formula is C29H22Br2O7. The standard InChI is InChI=1S/C29H22Br2O7/c1-15-12-22(32)35-24-20(15)10-11-21-23(24)25(36-27(33)16-6-4-8-18(30)13-16)26(29(2,3)38-21)37-28(34)17-7-5-9-19(31)14-17/h4-14,25-26H,1-3H3/t25-,26-/m0/s1. The van der Waals surface area contributed by atoms with E-state index in [0.29, 0.717) is 42.3 Å². The molecule has 194 valence electrons. The van der Waals surface area contributed by atoms with Gasteiger partial charge in [0.2, 0.25) is 0 Å². The van der Waals surface area contributed by atoms with E-state index in [-0.39, 0.29) is 5.58 Å². The summed E-state index contributed by atoms with van der Waals surface area (Å²) in [5.41, 5.74) is 0.126.